The summed E-state index contributed by atoms with van der Waals surface area (Å²) in [5.74, 6) is 0.0700. The number of halogens is 3. The molecule has 0 spiro atoms. The number of rotatable bonds is 2. The van der Waals surface area contributed by atoms with Crippen molar-refractivity contribution < 1.29 is 13.5 Å². The van der Waals surface area contributed by atoms with Gasteiger partial charge in [0.1, 0.15) is 11.0 Å². The van der Waals surface area contributed by atoms with E-state index in [0.29, 0.717) is 0 Å². The average molecular weight is 195 g/mol. The molecule has 6 heteroatoms. The molecular weight excluding hydrogens is 190 g/mol. The number of nitrogens with zero attached hydrogens (tertiary/aromatic N) is 2. The average Bonchev–Trinajstić information content (AvgIpc) is 1.81. The second kappa shape index (κ2) is 3.62. The first-order valence-electron chi connectivity index (χ1n) is 3.04. The van der Waals surface area contributed by atoms with Gasteiger partial charge >= 0.3 is 6.61 Å². The summed E-state index contributed by atoms with van der Waals surface area (Å²) in [7, 11) is 0. The molecule has 0 aliphatic heterocycles. The van der Waals surface area contributed by atoms with Crippen LogP contribution >= 0.6 is 11.6 Å². The van der Waals surface area contributed by atoms with Crippen LogP contribution in [0.1, 0.15) is 5.82 Å². The number of hydrogen-bond acceptors (Lipinski definition) is 3. The van der Waals surface area contributed by atoms with Crippen LogP contribution in [0.2, 0.25) is 5.15 Å². The molecule has 0 unspecified atom stereocenters. The Labute approximate surface area is 72.3 Å². The molecule has 0 radical (unpaired) electrons. The van der Waals surface area contributed by atoms with Crippen molar-refractivity contribution in [3.05, 3.63) is 17.0 Å². The van der Waals surface area contributed by atoms with E-state index in [2.05, 4.69) is 14.7 Å². The van der Waals surface area contributed by atoms with Gasteiger partial charge < -0.3 is 4.74 Å². The Morgan fingerprint density at radius 1 is 1.50 bits per heavy atom. The van der Waals surface area contributed by atoms with Gasteiger partial charge in [-0.05, 0) is 6.92 Å². The molecule has 0 aromatic carbocycles. The van der Waals surface area contributed by atoms with Gasteiger partial charge in [0.15, 0.2) is 0 Å². The predicted molar refractivity (Wildman–Crippen MR) is 38.4 cm³/mol. The monoisotopic (exact) mass is 194 g/mol. The second-order valence-corrected chi connectivity index (χ2v) is 2.34. The van der Waals surface area contributed by atoms with Crippen LogP contribution in [0.15, 0.2) is 6.07 Å². The first kappa shape index (κ1) is 9.12. The van der Waals surface area contributed by atoms with Crippen LogP contribution in [0.4, 0.5) is 8.78 Å². The summed E-state index contributed by atoms with van der Waals surface area (Å²) in [6.07, 6.45) is 0. The molecule has 0 fully saturated rings. The van der Waals surface area contributed by atoms with Gasteiger partial charge in [-0.15, -0.1) is 0 Å². The van der Waals surface area contributed by atoms with Crippen LogP contribution in [0.5, 0.6) is 5.88 Å². The zero-order valence-corrected chi connectivity index (χ0v) is 6.85. The number of aryl methyl sites for hydroxylation is 1. The Hall–Kier alpha value is -0.970. The van der Waals surface area contributed by atoms with Gasteiger partial charge in [0.25, 0.3) is 0 Å². The van der Waals surface area contributed by atoms with Gasteiger partial charge in [-0.2, -0.15) is 13.8 Å². The van der Waals surface area contributed by atoms with Gasteiger partial charge in [-0.25, -0.2) is 4.98 Å². The molecule has 12 heavy (non-hydrogen) atoms. The van der Waals surface area contributed by atoms with Crippen molar-refractivity contribution in [3.8, 4) is 5.88 Å². The molecule has 3 nitrogen and oxygen atoms in total. The van der Waals surface area contributed by atoms with Gasteiger partial charge in [0.2, 0.25) is 5.88 Å². The van der Waals surface area contributed by atoms with Crippen molar-refractivity contribution in [2.75, 3.05) is 0 Å². The summed E-state index contributed by atoms with van der Waals surface area (Å²) in [5, 5.41) is 0.0816. The molecule has 0 aliphatic carbocycles. The van der Waals surface area contributed by atoms with Crippen molar-refractivity contribution in [3.63, 3.8) is 0 Å². The molecule has 0 aliphatic rings. The van der Waals surface area contributed by atoms with Crippen LogP contribution in [0.25, 0.3) is 0 Å². The van der Waals surface area contributed by atoms with Crippen LogP contribution in [0, 0.1) is 6.92 Å². The lowest BCUT2D eigenvalue weighted by Gasteiger charge is -2.03. The highest BCUT2D eigenvalue weighted by Gasteiger charge is 2.06. The maximum absolute atomic E-state index is 11.7. The smallest absolute Gasteiger partial charge is 0.388 e. The second-order valence-electron chi connectivity index (χ2n) is 1.95. The molecule has 0 amide bonds. The summed E-state index contributed by atoms with van der Waals surface area (Å²) in [6, 6.07) is 1.13. The lowest BCUT2D eigenvalue weighted by Crippen LogP contribution is -2.04. The molecular formula is C6H5ClF2N2O. The highest BCUT2D eigenvalue weighted by Crippen LogP contribution is 2.15. The highest BCUT2D eigenvalue weighted by atomic mass is 35.5. The number of aromatic nitrogens is 2. The Morgan fingerprint density at radius 3 is 2.67 bits per heavy atom. The third-order valence-corrected chi connectivity index (χ3v) is 1.19. The van der Waals surface area contributed by atoms with Crippen molar-refractivity contribution in [1.29, 1.82) is 0 Å². The van der Waals surface area contributed by atoms with E-state index in [4.69, 9.17) is 11.6 Å². The summed E-state index contributed by atoms with van der Waals surface area (Å²) >= 11 is 5.46. The third kappa shape index (κ3) is 2.58. The number of alkyl halides is 2. The van der Waals surface area contributed by atoms with Gasteiger partial charge in [0.05, 0.1) is 0 Å². The SMILES string of the molecule is Cc1nc(Cl)cc(OC(F)F)n1. The van der Waals surface area contributed by atoms with Gasteiger partial charge in [-0.3, -0.25) is 0 Å². The molecule has 0 atom stereocenters. The predicted octanol–water partition coefficient (Wildman–Crippen LogP) is 2.04. The molecule has 1 aromatic rings. The van der Waals surface area contributed by atoms with Crippen molar-refractivity contribution in [2.24, 2.45) is 0 Å². The van der Waals surface area contributed by atoms with E-state index in [1.165, 1.54) is 6.92 Å². The summed E-state index contributed by atoms with van der Waals surface area (Å²) < 4.78 is 27.3. The Balaban J connectivity index is 2.85. The molecule has 0 N–H and O–H groups in total. The van der Waals surface area contributed by atoms with E-state index in [1.807, 2.05) is 0 Å². The molecule has 66 valence electrons. The van der Waals surface area contributed by atoms with E-state index in [1.54, 1.807) is 0 Å². The Bertz CT molecular complexity index is 262. The first-order valence-corrected chi connectivity index (χ1v) is 3.41. The van der Waals surface area contributed by atoms with E-state index in [9.17, 15) is 8.78 Å². The Kier molecular flexibility index (Phi) is 2.75. The lowest BCUT2D eigenvalue weighted by molar-refractivity contribution is -0.0529. The zero-order chi connectivity index (χ0) is 9.14. The van der Waals surface area contributed by atoms with Crippen LogP contribution in [-0.4, -0.2) is 16.6 Å². The van der Waals surface area contributed by atoms with Crippen LogP contribution in [0.3, 0.4) is 0 Å². The van der Waals surface area contributed by atoms with E-state index < -0.39 is 6.61 Å². The molecule has 1 heterocycles. The fraction of sp³-hybridized carbons (Fsp3) is 0.333. The van der Waals surface area contributed by atoms with Gasteiger partial charge in [0, 0.05) is 6.07 Å². The normalized spacial score (nSPS) is 10.4. The fourth-order valence-electron chi connectivity index (χ4n) is 0.657. The van der Waals surface area contributed by atoms with Crippen molar-refractivity contribution in [2.45, 2.75) is 13.5 Å². The topological polar surface area (TPSA) is 35.0 Å². The van der Waals surface area contributed by atoms with Crippen LogP contribution < -0.4 is 4.74 Å². The van der Waals surface area contributed by atoms with Gasteiger partial charge in [-0.1, -0.05) is 11.6 Å². The van der Waals surface area contributed by atoms with E-state index in [0.717, 1.165) is 6.07 Å². The molecule has 1 rings (SSSR count). The summed E-state index contributed by atoms with van der Waals surface area (Å²) in [4.78, 5) is 7.25. The van der Waals surface area contributed by atoms with Crippen molar-refractivity contribution >= 4 is 11.6 Å². The third-order valence-electron chi connectivity index (χ3n) is 0.993. The molecule has 0 saturated heterocycles. The minimum Gasteiger partial charge on any atom is -0.417 e. The summed E-state index contributed by atoms with van der Waals surface area (Å²) in [5.41, 5.74) is 0. The first-order chi connectivity index (χ1) is 5.58. The minimum absolute atomic E-state index is 0.0816. The maximum atomic E-state index is 11.7. The largest absolute Gasteiger partial charge is 0.417 e. The standard InChI is InChI=1S/C6H5ClF2N2O/c1-3-10-4(7)2-5(11-3)12-6(8)9/h2,6H,1H3. The highest BCUT2D eigenvalue weighted by molar-refractivity contribution is 6.29. The molecule has 0 bridgehead atoms. The van der Waals surface area contributed by atoms with E-state index in [-0.39, 0.29) is 16.9 Å². The zero-order valence-electron chi connectivity index (χ0n) is 6.09. The molecule has 0 saturated carbocycles. The Morgan fingerprint density at radius 2 is 2.17 bits per heavy atom. The minimum atomic E-state index is -2.89. The lowest BCUT2D eigenvalue weighted by atomic mass is 10.6. The fourth-order valence-corrected chi connectivity index (χ4v) is 0.873. The summed E-state index contributed by atoms with van der Waals surface area (Å²) in [6.45, 7) is -1.36. The molecule has 1 aromatic heterocycles. The van der Waals surface area contributed by atoms with E-state index >= 15 is 0 Å². The van der Waals surface area contributed by atoms with Crippen LogP contribution in [-0.2, 0) is 0 Å². The number of ether oxygens (including phenoxy) is 1. The quantitative estimate of drug-likeness (QED) is 0.676. The van der Waals surface area contributed by atoms with Crippen molar-refractivity contribution in [1.82, 2.24) is 9.97 Å². The number of hydrogen-bond donors (Lipinski definition) is 0. The maximum Gasteiger partial charge on any atom is 0.388 e.